The summed E-state index contributed by atoms with van der Waals surface area (Å²) in [5, 5.41) is 19.5. The van der Waals surface area contributed by atoms with Gasteiger partial charge >= 0.3 is 0 Å². The van der Waals surface area contributed by atoms with Crippen LogP contribution in [0.3, 0.4) is 0 Å². The lowest BCUT2D eigenvalue weighted by atomic mass is 9.61. The van der Waals surface area contributed by atoms with E-state index < -0.39 is 6.10 Å². The predicted octanol–water partition coefficient (Wildman–Crippen LogP) is 1.85. The summed E-state index contributed by atoms with van der Waals surface area (Å²) in [6, 6.07) is 0. The molecular formula is C15H22O3. The number of aliphatic hydroxyl groups is 2. The number of rotatable bonds is 2. The number of aliphatic hydroxyl groups excluding tert-OH is 2. The highest BCUT2D eigenvalue weighted by molar-refractivity contribution is 6.05. The van der Waals surface area contributed by atoms with Gasteiger partial charge in [-0.05, 0) is 43.3 Å². The molecule has 18 heavy (non-hydrogen) atoms. The number of allylic oxidation sites excluding steroid dienone is 4. The Hall–Kier alpha value is -0.930. The van der Waals surface area contributed by atoms with E-state index in [1.165, 1.54) is 0 Å². The van der Waals surface area contributed by atoms with E-state index in [9.17, 15) is 15.0 Å². The highest BCUT2D eigenvalue weighted by Crippen LogP contribution is 2.49. The lowest BCUT2D eigenvalue weighted by molar-refractivity contribution is -0.111. The molecule has 0 aromatic rings. The number of fused-ring (bicyclic) bond motifs is 1. The van der Waals surface area contributed by atoms with E-state index in [2.05, 4.69) is 6.92 Å². The van der Waals surface area contributed by atoms with Crippen LogP contribution in [0.4, 0.5) is 0 Å². The quantitative estimate of drug-likeness (QED) is 0.786. The summed E-state index contributed by atoms with van der Waals surface area (Å²) in [5.74, 6) is 0.187. The van der Waals surface area contributed by atoms with E-state index in [0.717, 1.165) is 11.1 Å². The summed E-state index contributed by atoms with van der Waals surface area (Å²) in [4.78, 5) is 11.8. The molecule has 0 aliphatic heterocycles. The van der Waals surface area contributed by atoms with Crippen LogP contribution < -0.4 is 0 Å². The molecule has 1 fully saturated rings. The van der Waals surface area contributed by atoms with Gasteiger partial charge in [-0.1, -0.05) is 25.5 Å². The van der Waals surface area contributed by atoms with E-state index in [0.29, 0.717) is 12.8 Å². The first-order valence-electron chi connectivity index (χ1n) is 6.62. The maximum atomic E-state index is 11.8. The molecule has 4 atom stereocenters. The Morgan fingerprint density at radius 3 is 2.83 bits per heavy atom. The highest BCUT2D eigenvalue weighted by Gasteiger charge is 2.43. The van der Waals surface area contributed by atoms with Crippen LogP contribution in [0.5, 0.6) is 0 Å². The van der Waals surface area contributed by atoms with Gasteiger partial charge in [0.25, 0.3) is 0 Å². The minimum atomic E-state index is -0.411. The highest BCUT2D eigenvalue weighted by atomic mass is 16.3. The van der Waals surface area contributed by atoms with Gasteiger partial charge in [0.2, 0.25) is 0 Å². The van der Waals surface area contributed by atoms with E-state index in [1.807, 2.05) is 19.9 Å². The van der Waals surface area contributed by atoms with Crippen LogP contribution in [0.1, 0.15) is 33.6 Å². The second-order valence-corrected chi connectivity index (χ2v) is 6.02. The molecule has 1 saturated carbocycles. The molecule has 0 heterocycles. The maximum absolute atomic E-state index is 11.8. The second-order valence-electron chi connectivity index (χ2n) is 6.02. The van der Waals surface area contributed by atoms with Crippen LogP contribution in [-0.2, 0) is 4.79 Å². The fourth-order valence-electron chi connectivity index (χ4n) is 3.31. The maximum Gasteiger partial charge on any atom is 0.181 e. The standard InChI is InChI=1S/C15H22O3/c1-9(8-16)11-6-12-10(2)13(17)4-5-15(12,3)7-14(11)18/h4-5,9,11,14,16,18H,6-8H2,1-3H3. The zero-order valence-corrected chi connectivity index (χ0v) is 11.3. The third-order valence-electron chi connectivity index (χ3n) is 4.70. The number of hydrogen-bond donors (Lipinski definition) is 2. The minimum Gasteiger partial charge on any atom is -0.396 e. The lowest BCUT2D eigenvalue weighted by Crippen LogP contribution is -2.41. The first-order chi connectivity index (χ1) is 8.39. The summed E-state index contributed by atoms with van der Waals surface area (Å²) in [6.45, 7) is 5.98. The molecule has 100 valence electrons. The van der Waals surface area contributed by atoms with Crippen LogP contribution in [-0.4, -0.2) is 28.7 Å². The molecule has 4 unspecified atom stereocenters. The van der Waals surface area contributed by atoms with Crippen molar-refractivity contribution >= 4 is 5.78 Å². The first kappa shape index (κ1) is 13.5. The van der Waals surface area contributed by atoms with Gasteiger partial charge in [0, 0.05) is 12.0 Å². The molecule has 0 aromatic heterocycles. The average molecular weight is 250 g/mol. The van der Waals surface area contributed by atoms with Gasteiger partial charge in [-0.3, -0.25) is 4.79 Å². The van der Waals surface area contributed by atoms with Gasteiger partial charge in [-0.2, -0.15) is 0 Å². The van der Waals surface area contributed by atoms with E-state index in [-0.39, 0.29) is 29.6 Å². The molecule has 0 spiro atoms. The molecule has 0 bridgehead atoms. The SMILES string of the molecule is CC1=C2CC(C(C)CO)C(O)CC2(C)C=CC1=O. The molecule has 0 radical (unpaired) electrons. The zero-order chi connectivity index (χ0) is 13.5. The van der Waals surface area contributed by atoms with Crippen LogP contribution in [0.25, 0.3) is 0 Å². The van der Waals surface area contributed by atoms with Gasteiger partial charge in [0.1, 0.15) is 0 Å². The van der Waals surface area contributed by atoms with Crippen LogP contribution in [0.15, 0.2) is 23.3 Å². The first-order valence-corrected chi connectivity index (χ1v) is 6.62. The number of carbonyl (C=O) groups is 1. The van der Waals surface area contributed by atoms with Crippen molar-refractivity contribution in [3.8, 4) is 0 Å². The van der Waals surface area contributed by atoms with E-state index >= 15 is 0 Å². The van der Waals surface area contributed by atoms with Gasteiger partial charge < -0.3 is 10.2 Å². The Labute approximate surface area is 108 Å². The third kappa shape index (κ3) is 2.06. The van der Waals surface area contributed by atoms with Gasteiger partial charge in [0.05, 0.1) is 6.10 Å². The number of hydrogen-bond acceptors (Lipinski definition) is 3. The molecule has 2 N–H and O–H groups in total. The molecule has 2 rings (SSSR count). The zero-order valence-electron chi connectivity index (χ0n) is 11.3. The van der Waals surface area contributed by atoms with Gasteiger partial charge in [0.15, 0.2) is 5.78 Å². The Morgan fingerprint density at radius 1 is 1.56 bits per heavy atom. The van der Waals surface area contributed by atoms with Crippen LogP contribution >= 0.6 is 0 Å². The molecule has 2 aliphatic rings. The fraction of sp³-hybridized carbons (Fsp3) is 0.667. The summed E-state index contributed by atoms with van der Waals surface area (Å²) >= 11 is 0. The van der Waals surface area contributed by atoms with Crippen molar-refractivity contribution in [3.63, 3.8) is 0 Å². The van der Waals surface area contributed by atoms with Crippen molar-refractivity contribution < 1.29 is 15.0 Å². The molecule has 0 amide bonds. The number of ketones is 1. The third-order valence-corrected chi connectivity index (χ3v) is 4.70. The molecule has 2 aliphatic carbocycles. The monoisotopic (exact) mass is 250 g/mol. The van der Waals surface area contributed by atoms with Crippen molar-refractivity contribution in [3.05, 3.63) is 23.3 Å². The summed E-state index contributed by atoms with van der Waals surface area (Å²) in [7, 11) is 0. The van der Waals surface area contributed by atoms with Crippen molar-refractivity contribution in [1.82, 2.24) is 0 Å². The second kappa shape index (κ2) is 4.63. The Balaban J connectivity index is 2.35. The average Bonchev–Trinajstić information content (AvgIpc) is 2.33. The van der Waals surface area contributed by atoms with Crippen molar-refractivity contribution in [1.29, 1.82) is 0 Å². The minimum absolute atomic E-state index is 0.0484. The van der Waals surface area contributed by atoms with E-state index in [4.69, 9.17) is 0 Å². The van der Waals surface area contributed by atoms with Gasteiger partial charge in [-0.25, -0.2) is 0 Å². The van der Waals surface area contributed by atoms with Crippen molar-refractivity contribution in [2.45, 2.75) is 39.7 Å². The summed E-state index contributed by atoms with van der Waals surface area (Å²) in [6.07, 6.45) is 4.49. The molecule has 3 heteroatoms. The molecular weight excluding hydrogens is 228 g/mol. The predicted molar refractivity (Wildman–Crippen MR) is 69.9 cm³/mol. The normalized spacial score (nSPS) is 37.7. The largest absolute Gasteiger partial charge is 0.396 e. The number of carbonyl (C=O) groups excluding carboxylic acids is 1. The Bertz CT molecular complexity index is 421. The van der Waals surface area contributed by atoms with Crippen molar-refractivity contribution in [2.75, 3.05) is 6.61 Å². The molecule has 3 nitrogen and oxygen atoms in total. The lowest BCUT2D eigenvalue weighted by Gasteiger charge is -2.45. The topological polar surface area (TPSA) is 57.5 Å². The molecule has 0 aromatic carbocycles. The Morgan fingerprint density at radius 2 is 2.22 bits per heavy atom. The van der Waals surface area contributed by atoms with Crippen LogP contribution in [0.2, 0.25) is 0 Å². The molecule has 0 saturated heterocycles. The smallest absolute Gasteiger partial charge is 0.181 e. The van der Waals surface area contributed by atoms with Crippen LogP contribution in [0, 0.1) is 17.3 Å². The Kier molecular flexibility index (Phi) is 3.47. The summed E-state index contributed by atoms with van der Waals surface area (Å²) < 4.78 is 0. The summed E-state index contributed by atoms with van der Waals surface area (Å²) in [5.41, 5.74) is 1.77. The van der Waals surface area contributed by atoms with Crippen molar-refractivity contribution in [2.24, 2.45) is 17.3 Å². The van der Waals surface area contributed by atoms with Gasteiger partial charge in [-0.15, -0.1) is 0 Å². The fourth-order valence-corrected chi connectivity index (χ4v) is 3.31. The van der Waals surface area contributed by atoms with E-state index in [1.54, 1.807) is 6.08 Å².